The minimum absolute atomic E-state index is 0.877. The molecular formula is C6H8N2S. The fourth-order valence-corrected chi connectivity index (χ4v) is 0.821. The van der Waals surface area contributed by atoms with Crippen LogP contribution in [0.2, 0.25) is 0 Å². The van der Waals surface area contributed by atoms with E-state index in [1.54, 1.807) is 0 Å². The molecule has 1 aromatic carbocycles. The zero-order chi connectivity index (χ0) is 6.69. The van der Waals surface area contributed by atoms with Crippen LogP contribution in [0.15, 0.2) is 29.2 Å². The largest absolute Gasteiger partial charge is 0.324 e. The summed E-state index contributed by atoms with van der Waals surface area (Å²) < 4.78 is 0. The van der Waals surface area contributed by atoms with Gasteiger partial charge >= 0.3 is 0 Å². The highest BCUT2D eigenvalue weighted by Gasteiger charge is 1.85. The quantitative estimate of drug-likeness (QED) is 0.312. The van der Waals surface area contributed by atoms with E-state index in [0.29, 0.717) is 0 Å². The minimum Gasteiger partial charge on any atom is -0.324 e. The van der Waals surface area contributed by atoms with Crippen molar-refractivity contribution in [2.45, 2.75) is 4.90 Å². The zero-order valence-corrected chi connectivity index (χ0v) is 5.73. The van der Waals surface area contributed by atoms with Crippen molar-refractivity contribution in [1.82, 2.24) is 0 Å². The van der Waals surface area contributed by atoms with Crippen LogP contribution in [0.25, 0.3) is 0 Å². The van der Waals surface area contributed by atoms with Crippen LogP contribution >= 0.6 is 12.6 Å². The summed E-state index contributed by atoms with van der Waals surface area (Å²) in [5.41, 5.74) is 3.40. The van der Waals surface area contributed by atoms with Gasteiger partial charge in [0.05, 0.1) is 0 Å². The lowest BCUT2D eigenvalue weighted by Crippen LogP contribution is -2.05. The summed E-state index contributed by atoms with van der Waals surface area (Å²) in [5, 5.41) is 0. The first-order valence-corrected chi connectivity index (χ1v) is 3.03. The van der Waals surface area contributed by atoms with Gasteiger partial charge in [0, 0.05) is 10.6 Å². The number of benzene rings is 1. The molecule has 0 atom stereocenters. The number of nitrogens with two attached hydrogens (primary N) is 1. The van der Waals surface area contributed by atoms with Gasteiger partial charge in [0.2, 0.25) is 0 Å². The molecule has 0 saturated heterocycles. The molecule has 3 N–H and O–H groups in total. The van der Waals surface area contributed by atoms with E-state index in [2.05, 4.69) is 18.1 Å². The molecule has 0 spiro atoms. The standard InChI is InChI=1S/C6H8N2S/c7-8-5-2-1-3-6(9)4-5/h1-4,8-9H,7H2. The molecule has 3 heteroatoms. The molecule has 0 unspecified atom stereocenters. The molecule has 0 radical (unpaired) electrons. The third kappa shape index (κ3) is 1.62. The molecule has 2 nitrogen and oxygen atoms in total. The maximum absolute atomic E-state index is 5.13. The Hall–Kier alpha value is -0.670. The van der Waals surface area contributed by atoms with Crippen LogP contribution in [-0.2, 0) is 0 Å². The molecule has 48 valence electrons. The lowest BCUT2D eigenvalue weighted by molar-refractivity contribution is 1.32. The predicted molar refractivity (Wildman–Crippen MR) is 41.5 cm³/mol. The monoisotopic (exact) mass is 140 g/mol. The Morgan fingerprint density at radius 3 is 2.67 bits per heavy atom. The van der Waals surface area contributed by atoms with E-state index >= 15 is 0 Å². The third-order valence-corrected chi connectivity index (χ3v) is 1.29. The number of nitrogen functional groups attached to an aromatic ring is 1. The Morgan fingerprint density at radius 1 is 1.44 bits per heavy atom. The SMILES string of the molecule is NNc1cccc(S)c1. The fraction of sp³-hybridized carbons (Fsp3) is 0. The van der Waals surface area contributed by atoms with Gasteiger partial charge in [-0.15, -0.1) is 12.6 Å². The molecule has 0 aliphatic rings. The number of thiol groups is 1. The van der Waals surface area contributed by atoms with Gasteiger partial charge in [0.15, 0.2) is 0 Å². The van der Waals surface area contributed by atoms with Gasteiger partial charge in [0.25, 0.3) is 0 Å². The summed E-state index contributed by atoms with van der Waals surface area (Å²) >= 11 is 4.11. The molecule has 0 heterocycles. The van der Waals surface area contributed by atoms with E-state index < -0.39 is 0 Å². The van der Waals surface area contributed by atoms with Crippen molar-refractivity contribution < 1.29 is 0 Å². The summed E-state index contributed by atoms with van der Waals surface area (Å²) in [7, 11) is 0. The van der Waals surface area contributed by atoms with Crippen molar-refractivity contribution in [2.24, 2.45) is 5.84 Å². The second-order valence-corrected chi connectivity index (χ2v) is 2.21. The fourth-order valence-electron chi connectivity index (χ4n) is 0.596. The summed E-state index contributed by atoms with van der Waals surface area (Å²) in [5.74, 6) is 5.13. The first-order valence-electron chi connectivity index (χ1n) is 2.58. The van der Waals surface area contributed by atoms with Crippen molar-refractivity contribution in [3.8, 4) is 0 Å². The van der Waals surface area contributed by atoms with Crippen LogP contribution in [0.1, 0.15) is 0 Å². The molecule has 9 heavy (non-hydrogen) atoms. The van der Waals surface area contributed by atoms with Gasteiger partial charge in [0.1, 0.15) is 0 Å². The molecule has 0 amide bonds. The topological polar surface area (TPSA) is 38.0 Å². The molecule has 0 aromatic heterocycles. The van der Waals surface area contributed by atoms with Gasteiger partial charge in [-0.3, -0.25) is 5.84 Å². The normalized spacial score (nSPS) is 9.11. The summed E-state index contributed by atoms with van der Waals surface area (Å²) in [6.45, 7) is 0. The molecule has 0 saturated carbocycles. The second kappa shape index (κ2) is 2.75. The maximum Gasteiger partial charge on any atom is 0.0496 e. The number of hydrazine groups is 1. The average molecular weight is 140 g/mol. The Kier molecular flexibility index (Phi) is 1.97. The number of anilines is 1. The van der Waals surface area contributed by atoms with Gasteiger partial charge in [-0.1, -0.05) is 6.07 Å². The number of hydrogen-bond donors (Lipinski definition) is 3. The highest BCUT2D eigenvalue weighted by molar-refractivity contribution is 7.80. The molecular weight excluding hydrogens is 132 g/mol. The van der Waals surface area contributed by atoms with Crippen LogP contribution in [0.3, 0.4) is 0 Å². The van der Waals surface area contributed by atoms with Crippen molar-refractivity contribution in [1.29, 1.82) is 0 Å². The second-order valence-electron chi connectivity index (χ2n) is 1.69. The zero-order valence-electron chi connectivity index (χ0n) is 4.83. The molecule has 1 aromatic rings. The van der Waals surface area contributed by atoms with Crippen LogP contribution in [0, 0.1) is 0 Å². The van der Waals surface area contributed by atoms with Crippen molar-refractivity contribution in [3.05, 3.63) is 24.3 Å². The Labute approximate surface area is 59.4 Å². The summed E-state index contributed by atoms with van der Waals surface area (Å²) in [6.07, 6.45) is 0. The predicted octanol–water partition coefficient (Wildman–Crippen LogP) is 1.26. The van der Waals surface area contributed by atoms with Crippen molar-refractivity contribution in [2.75, 3.05) is 5.43 Å². The summed E-state index contributed by atoms with van der Waals surface area (Å²) in [4.78, 5) is 0.908. The van der Waals surface area contributed by atoms with E-state index in [0.717, 1.165) is 10.6 Å². The van der Waals surface area contributed by atoms with Crippen molar-refractivity contribution in [3.63, 3.8) is 0 Å². The maximum atomic E-state index is 5.13. The van der Waals surface area contributed by atoms with E-state index in [1.165, 1.54) is 0 Å². The van der Waals surface area contributed by atoms with E-state index in [4.69, 9.17) is 5.84 Å². The molecule has 0 aliphatic heterocycles. The first-order chi connectivity index (χ1) is 4.33. The highest BCUT2D eigenvalue weighted by Crippen LogP contribution is 2.11. The number of nitrogens with one attached hydrogen (secondary N) is 1. The molecule has 0 bridgehead atoms. The van der Waals surface area contributed by atoms with Crippen LogP contribution in [-0.4, -0.2) is 0 Å². The first kappa shape index (κ1) is 6.45. The minimum atomic E-state index is 0.877. The number of hydrogen-bond acceptors (Lipinski definition) is 3. The van der Waals surface area contributed by atoms with Gasteiger partial charge in [-0.2, -0.15) is 0 Å². The van der Waals surface area contributed by atoms with E-state index in [9.17, 15) is 0 Å². The van der Waals surface area contributed by atoms with Gasteiger partial charge < -0.3 is 5.43 Å². The van der Waals surface area contributed by atoms with E-state index in [-0.39, 0.29) is 0 Å². The Morgan fingerprint density at radius 2 is 2.22 bits per heavy atom. The van der Waals surface area contributed by atoms with Crippen molar-refractivity contribution >= 4 is 18.3 Å². The molecule has 0 fully saturated rings. The smallest absolute Gasteiger partial charge is 0.0496 e. The lowest BCUT2D eigenvalue weighted by Gasteiger charge is -1.97. The highest BCUT2D eigenvalue weighted by atomic mass is 32.1. The average Bonchev–Trinajstić information content (AvgIpc) is 1.88. The lowest BCUT2D eigenvalue weighted by atomic mass is 10.3. The summed E-state index contributed by atoms with van der Waals surface area (Å²) in [6, 6.07) is 7.50. The Balaban J connectivity index is 2.94. The molecule has 1 rings (SSSR count). The third-order valence-electron chi connectivity index (χ3n) is 1.01. The van der Waals surface area contributed by atoms with Crippen LogP contribution in [0.4, 0.5) is 5.69 Å². The van der Waals surface area contributed by atoms with Gasteiger partial charge in [-0.05, 0) is 18.2 Å². The number of rotatable bonds is 1. The Bertz CT molecular complexity index is 200. The van der Waals surface area contributed by atoms with E-state index in [1.807, 2.05) is 24.3 Å². The van der Waals surface area contributed by atoms with Crippen LogP contribution < -0.4 is 11.3 Å². The molecule has 0 aliphatic carbocycles. The van der Waals surface area contributed by atoms with Gasteiger partial charge in [-0.25, -0.2) is 0 Å². The van der Waals surface area contributed by atoms with Crippen LogP contribution in [0.5, 0.6) is 0 Å².